The van der Waals surface area contributed by atoms with E-state index in [1.54, 1.807) is 6.07 Å². The van der Waals surface area contributed by atoms with E-state index < -0.39 is 23.5 Å². The molecule has 1 unspecified atom stereocenters. The maximum Gasteiger partial charge on any atom is 0.328 e. The molecular weight excluding hydrogens is 300 g/mol. The monoisotopic (exact) mass is 322 g/mol. The maximum atomic E-state index is 12.2. The predicted octanol–water partition coefficient (Wildman–Crippen LogP) is 0.959. The van der Waals surface area contributed by atoms with Gasteiger partial charge in [0, 0.05) is 17.3 Å². The summed E-state index contributed by atoms with van der Waals surface area (Å²) >= 11 is 0. The molecule has 1 atom stereocenters. The number of amides is 1. The van der Waals surface area contributed by atoms with Crippen molar-refractivity contribution in [1.82, 2.24) is 10.3 Å². The first kappa shape index (κ1) is 18.6. The summed E-state index contributed by atoms with van der Waals surface area (Å²) in [4.78, 5) is 37.6. The zero-order valence-electron chi connectivity index (χ0n) is 13.3. The van der Waals surface area contributed by atoms with Gasteiger partial charge in [0.25, 0.3) is 5.91 Å². The van der Waals surface area contributed by atoms with Crippen molar-refractivity contribution in [3.8, 4) is 0 Å². The van der Waals surface area contributed by atoms with Crippen LogP contribution in [0.2, 0.25) is 0 Å². The highest BCUT2D eigenvalue weighted by Crippen LogP contribution is 2.06. The molecule has 7 heteroatoms. The average molecular weight is 322 g/mol. The van der Waals surface area contributed by atoms with Crippen molar-refractivity contribution in [3.05, 3.63) is 46.4 Å². The summed E-state index contributed by atoms with van der Waals surface area (Å²) in [6, 6.07) is 1.50. The fraction of sp³-hybridized carbons (Fsp3) is 0.438. The highest BCUT2D eigenvalue weighted by Gasteiger charge is 2.21. The number of ether oxygens (including phenoxy) is 1. The summed E-state index contributed by atoms with van der Waals surface area (Å²) in [5.41, 5.74) is 0.356. The minimum Gasteiger partial charge on any atom is -0.480 e. The summed E-state index contributed by atoms with van der Waals surface area (Å²) in [7, 11) is 0. The molecule has 1 aromatic rings. The highest BCUT2D eigenvalue weighted by atomic mass is 16.5. The molecule has 0 aliphatic carbocycles. The number of hydrogen-bond acceptors (Lipinski definition) is 4. The van der Waals surface area contributed by atoms with Crippen LogP contribution < -0.4 is 10.9 Å². The van der Waals surface area contributed by atoms with Crippen LogP contribution in [0.5, 0.6) is 0 Å². The number of aliphatic carboxylic acids is 1. The number of rotatable bonds is 9. The summed E-state index contributed by atoms with van der Waals surface area (Å²) in [6.07, 6.45) is 2.09. The minimum absolute atomic E-state index is 0.124. The van der Waals surface area contributed by atoms with E-state index in [4.69, 9.17) is 9.84 Å². The molecule has 126 valence electrons. The van der Waals surface area contributed by atoms with Gasteiger partial charge in [-0.05, 0) is 18.4 Å². The summed E-state index contributed by atoms with van der Waals surface area (Å²) < 4.78 is 5.06. The topological polar surface area (TPSA) is 108 Å². The Morgan fingerprint density at radius 3 is 2.70 bits per heavy atom. The number of pyridine rings is 1. The zero-order chi connectivity index (χ0) is 17.4. The van der Waals surface area contributed by atoms with Crippen molar-refractivity contribution in [1.29, 1.82) is 0 Å². The molecule has 0 aliphatic heterocycles. The van der Waals surface area contributed by atoms with Crippen molar-refractivity contribution in [3.63, 3.8) is 0 Å². The lowest BCUT2D eigenvalue weighted by Crippen LogP contribution is -2.44. The van der Waals surface area contributed by atoms with Crippen LogP contribution in [-0.4, -0.2) is 41.2 Å². The fourth-order valence-electron chi connectivity index (χ4n) is 1.97. The molecule has 23 heavy (non-hydrogen) atoms. The van der Waals surface area contributed by atoms with Crippen LogP contribution in [0, 0.1) is 5.92 Å². The van der Waals surface area contributed by atoms with E-state index in [1.165, 1.54) is 6.08 Å². The molecule has 1 amide bonds. The fourth-order valence-corrected chi connectivity index (χ4v) is 1.97. The van der Waals surface area contributed by atoms with E-state index in [0.717, 1.165) is 6.07 Å². The maximum absolute atomic E-state index is 12.2. The number of carbonyl (C=O) groups excluding carboxylic acids is 1. The number of aromatic amines is 1. The van der Waals surface area contributed by atoms with E-state index in [-0.39, 0.29) is 18.8 Å². The van der Waals surface area contributed by atoms with Crippen LogP contribution in [0.1, 0.15) is 29.9 Å². The van der Waals surface area contributed by atoms with E-state index >= 15 is 0 Å². The van der Waals surface area contributed by atoms with Crippen LogP contribution in [0.25, 0.3) is 0 Å². The van der Waals surface area contributed by atoms with Crippen molar-refractivity contribution in [2.75, 3.05) is 13.2 Å². The van der Waals surface area contributed by atoms with Gasteiger partial charge < -0.3 is 20.1 Å². The normalized spacial score (nSPS) is 12.0. The number of carboxylic acids is 1. The number of H-pyrrole nitrogens is 1. The quantitative estimate of drug-likeness (QED) is 0.463. The molecule has 1 rings (SSSR count). The second-order valence-electron chi connectivity index (χ2n) is 5.55. The predicted molar refractivity (Wildman–Crippen MR) is 85.5 cm³/mol. The van der Waals surface area contributed by atoms with Gasteiger partial charge >= 0.3 is 5.97 Å². The lowest BCUT2D eigenvalue weighted by Gasteiger charge is -2.14. The smallest absolute Gasteiger partial charge is 0.328 e. The van der Waals surface area contributed by atoms with Gasteiger partial charge in [0.2, 0.25) is 5.56 Å². The molecule has 0 saturated heterocycles. The van der Waals surface area contributed by atoms with E-state index in [9.17, 15) is 14.4 Å². The molecule has 0 fully saturated rings. The standard InChI is InChI=1S/C16H22N2O5/c1-4-5-23-9-13(16(21)22)18-15(20)11-7-12(6-10(2)3)17-14(19)8-11/h4,7-8,10,13H,1,5-6,9H2,2-3H3,(H,17,19)(H,18,20)(H,21,22). The Kier molecular flexibility index (Phi) is 7.21. The van der Waals surface area contributed by atoms with Gasteiger partial charge in [0.05, 0.1) is 13.2 Å². The molecule has 1 heterocycles. The SMILES string of the molecule is C=CCOCC(NC(=O)c1cc(CC(C)C)[nH]c(=O)c1)C(=O)O. The molecule has 0 radical (unpaired) electrons. The second-order valence-corrected chi connectivity index (χ2v) is 5.55. The highest BCUT2D eigenvalue weighted by molar-refractivity contribution is 5.96. The first-order chi connectivity index (χ1) is 10.8. The van der Waals surface area contributed by atoms with Crippen molar-refractivity contribution in [2.24, 2.45) is 5.92 Å². The Morgan fingerprint density at radius 2 is 2.13 bits per heavy atom. The van der Waals surface area contributed by atoms with Crippen LogP contribution in [-0.2, 0) is 16.0 Å². The second kappa shape index (κ2) is 8.89. The van der Waals surface area contributed by atoms with Gasteiger partial charge in [-0.15, -0.1) is 6.58 Å². The van der Waals surface area contributed by atoms with Crippen molar-refractivity contribution >= 4 is 11.9 Å². The first-order valence-electron chi connectivity index (χ1n) is 7.29. The summed E-state index contributed by atoms with van der Waals surface area (Å²) in [5.74, 6) is -1.53. The van der Waals surface area contributed by atoms with Gasteiger partial charge in [-0.1, -0.05) is 19.9 Å². The van der Waals surface area contributed by atoms with Crippen LogP contribution >= 0.6 is 0 Å². The van der Waals surface area contributed by atoms with E-state index in [2.05, 4.69) is 16.9 Å². The molecule has 1 aromatic heterocycles. The lowest BCUT2D eigenvalue weighted by molar-refractivity contribution is -0.140. The third kappa shape index (κ3) is 6.48. The third-order valence-electron chi connectivity index (χ3n) is 2.91. The zero-order valence-corrected chi connectivity index (χ0v) is 13.3. The van der Waals surface area contributed by atoms with E-state index in [1.807, 2.05) is 13.8 Å². The molecule has 0 saturated carbocycles. The summed E-state index contributed by atoms with van der Waals surface area (Å²) in [6.45, 7) is 7.43. The number of hydrogen-bond donors (Lipinski definition) is 3. The molecule has 0 bridgehead atoms. The number of carbonyl (C=O) groups is 2. The number of aromatic nitrogens is 1. The first-order valence-corrected chi connectivity index (χ1v) is 7.29. The van der Waals surface area contributed by atoms with Gasteiger partial charge in [-0.2, -0.15) is 0 Å². The average Bonchev–Trinajstić information content (AvgIpc) is 2.44. The third-order valence-corrected chi connectivity index (χ3v) is 2.91. The largest absolute Gasteiger partial charge is 0.480 e. The Morgan fingerprint density at radius 1 is 1.43 bits per heavy atom. The number of nitrogens with one attached hydrogen (secondary N) is 2. The Balaban J connectivity index is 2.86. The molecule has 7 nitrogen and oxygen atoms in total. The number of carboxylic acid groups (broad SMARTS) is 1. The minimum atomic E-state index is -1.21. The molecular formula is C16H22N2O5. The molecule has 0 spiro atoms. The van der Waals surface area contributed by atoms with Crippen LogP contribution in [0.3, 0.4) is 0 Å². The van der Waals surface area contributed by atoms with E-state index in [0.29, 0.717) is 18.0 Å². The van der Waals surface area contributed by atoms with Crippen LogP contribution in [0.15, 0.2) is 29.6 Å². The lowest BCUT2D eigenvalue weighted by atomic mass is 10.1. The summed E-state index contributed by atoms with van der Waals surface area (Å²) in [5, 5.41) is 11.5. The molecule has 0 aromatic carbocycles. The molecule has 3 N–H and O–H groups in total. The van der Waals surface area contributed by atoms with Gasteiger partial charge in [-0.25, -0.2) is 4.79 Å². The molecule has 0 aliphatic rings. The van der Waals surface area contributed by atoms with Crippen molar-refractivity contribution in [2.45, 2.75) is 26.3 Å². The van der Waals surface area contributed by atoms with Crippen LogP contribution in [0.4, 0.5) is 0 Å². The Bertz CT molecular complexity index is 621. The van der Waals surface area contributed by atoms with Gasteiger partial charge in [-0.3, -0.25) is 9.59 Å². The Hall–Kier alpha value is -2.41. The Labute approximate surface area is 134 Å². The van der Waals surface area contributed by atoms with Crippen molar-refractivity contribution < 1.29 is 19.4 Å². The van der Waals surface area contributed by atoms with Gasteiger partial charge in [0.15, 0.2) is 6.04 Å². The van der Waals surface area contributed by atoms with Gasteiger partial charge in [0.1, 0.15) is 0 Å².